The fourth-order valence-electron chi connectivity index (χ4n) is 3.77. The zero-order valence-corrected chi connectivity index (χ0v) is 11.5. The quantitative estimate of drug-likeness (QED) is 0.500. The Kier molecular flexibility index (Phi) is 3.00. The molecule has 0 radical (unpaired) electrons. The largest absolute Gasteiger partial charge is 0.481 e. The molecule has 1 saturated heterocycles. The predicted octanol–water partition coefficient (Wildman–Crippen LogP) is 1.87. The van der Waals surface area contributed by atoms with Crippen molar-refractivity contribution >= 4 is 23.0 Å². The molecule has 2 fully saturated rings. The molecule has 3 N–H and O–H groups in total. The summed E-state index contributed by atoms with van der Waals surface area (Å²) >= 11 is 0. The van der Waals surface area contributed by atoms with Crippen LogP contribution in [0.25, 0.3) is 0 Å². The van der Waals surface area contributed by atoms with Gasteiger partial charge in [0.1, 0.15) is 5.69 Å². The number of carbonyl (C=O) groups is 1. The third kappa shape index (κ3) is 2.00. The van der Waals surface area contributed by atoms with Gasteiger partial charge in [-0.2, -0.15) is 0 Å². The van der Waals surface area contributed by atoms with Crippen LogP contribution in [0.2, 0.25) is 0 Å². The van der Waals surface area contributed by atoms with Crippen molar-refractivity contribution in [1.29, 1.82) is 0 Å². The Hall–Kier alpha value is -2.31. The third-order valence-corrected chi connectivity index (χ3v) is 4.83. The highest BCUT2D eigenvalue weighted by atomic mass is 16.6. The number of rotatable bonds is 3. The van der Waals surface area contributed by atoms with E-state index in [1.54, 1.807) is 6.07 Å². The number of fused-ring (bicyclic) bond motifs is 1. The zero-order valence-electron chi connectivity index (χ0n) is 11.5. The maximum Gasteiger partial charge on any atom is 0.311 e. The summed E-state index contributed by atoms with van der Waals surface area (Å²) < 4.78 is 0. The molecule has 1 aromatic rings. The van der Waals surface area contributed by atoms with E-state index in [4.69, 9.17) is 5.73 Å². The Labute approximate surface area is 121 Å². The van der Waals surface area contributed by atoms with Gasteiger partial charge in [0.05, 0.1) is 10.3 Å². The summed E-state index contributed by atoms with van der Waals surface area (Å²) in [5.41, 5.74) is 5.82. The molecule has 1 aromatic carbocycles. The van der Waals surface area contributed by atoms with Crippen LogP contribution in [0.1, 0.15) is 19.3 Å². The van der Waals surface area contributed by atoms with Gasteiger partial charge in [-0.05, 0) is 30.9 Å². The Morgan fingerprint density at radius 3 is 2.90 bits per heavy atom. The van der Waals surface area contributed by atoms with E-state index in [1.165, 1.54) is 12.1 Å². The topological polar surface area (TPSA) is 110 Å². The lowest BCUT2D eigenvalue weighted by Gasteiger charge is -2.24. The summed E-state index contributed by atoms with van der Waals surface area (Å²) in [6, 6.07) is 4.44. The number of aliphatic carboxylic acids is 1. The first kappa shape index (κ1) is 13.7. The molecule has 7 nitrogen and oxygen atoms in total. The van der Waals surface area contributed by atoms with Crippen molar-refractivity contribution in [2.24, 2.45) is 11.3 Å². The van der Waals surface area contributed by atoms with Crippen LogP contribution in [-0.4, -0.2) is 29.1 Å². The van der Waals surface area contributed by atoms with Crippen molar-refractivity contribution in [3.05, 3.63) is 28.3 Å². The van der Waals surface area contributed by atoms with Gasteiger partial charge in [0.2, 0.25) is 0 Å². The lowest BCUT2D eigenvalue weighted by Crippen LogP contribution is -2.35. The number of carboxylic acid groups (broad SMARTS) is 1. The summed E-state index contributed by atoms with van der Waals surface area (Å²) in [6.45, 7) is 0.855. The van der Waals surface area contributed by atoms with Crippen LogP contribution < -0.4 is 10.6 Å². The molecule has 1 saturated carbocycles. The molecule has 2 atom stereocenters. The van der Waals surface area contributed by atoms with Gasteiger partial charge < -0.3 is 15.7 Å². The molecule has 0 bridgehead atoms. The van der Waals surface area contributed by atoms with E-state index in [9.17, 15) is 20.0 Å². The van der Waals surface area contributed by atoms with E-state index < -0.39 is 16.3 Å². The molecule has 1 heterocycles. The normalized spacial score (nSPS) is 27.6. The number of nitro benzene ring substituents is 1. The van der Waals surface area contributed by atoms with Crippen molar-refractivity contribution in [3.63, 3.8) is 0 Å². The maximum absolute atomic E-state index is 11.7. The first-order valence-corrected chi connectivity index (χ1v) is 6.96. The highest BCUT2D eigenvalue weighted by molar-refractivity contribution is 5.79. The summed E-state index contributed by atoms with van der Waals surface area (Å²) in [5.74, 6) is -0.741. The Morgan fingerprint density at radius 1 is 1.52 bits per heavy atom. The van der Waals surface area contributed by atoms with E-state index in [0.717, 1.165) is 12.8 Å². The second-order valence-corrected chi connectivity index (χ2v) is 5.94. The minimum Gasteiger partial charge on any atom is -0.481 e. The second kappa shape index (κ2) is 4.61. The van der Waals surface area contributed by atoms with Crippen molar-refractivity contribution in [3.8, 4) is 0 Å². The fourth-order valence-corrected chi connectivity index (χ4v) is 3.77. The fraction of sp³-hybridized carbons (Fsp3) is 0.500. The Morgan fingerprint density at radius 2 is 2.29 bits per heavy atom. The first-order valence-electron chi connectivity index (χ1n) is 6.96. The number of nitro groups is 1. The van der Waals surface area contributed by atoms with E-state index in [0.29, 0.717) is 30.9 Å². The van der Waals surface area contributed by atoms with Crippen LogP contribution in [0.15, 0.2) is 18.2 Å². The van der Waals surface area contributed by atoms with Crippen LogP contribution in [0.5, 0.6) is 0 Å². The van der Waals surface area contributed by atoms with Gasteiger partial charge in [-0.3, -0.25) is 14.9 Å². The van der Waals surface area contributed by atoms with Crippen LogP contribution >= 0.6 is 0 Å². The predicted molar refractivity (Wildman–Crippen MR) is 77.1 cm³/mol. The standard InChI is InChI=1S/C14H17N3O4/c15-10-3-4-11(17(20)21)12(6-10)16-7-9-2-1-5-14(9,8-16)13(18)19/h3-4,6,9H,1-2,5,7-8,15H2,(H,18,19)/t9-,14+/m0/s1. The second-order valence-electron chi connectivity index (χ2n) is 5.94. The van der Waals surface area contributed by atoms with Gasteiger partial charge in [-0.25, -0.2) is 0 Å². The molecule has 1 aliphatic carbocycles. The van der Waals surface area contributed by atoms with Crippen molar-refractivity contribution in [2.75, 3.05) is 23.7 Å². The van der Waals surface area contributed by atoms with Crippen molar-refractivity contribution < 1.29 is 14.8 Å². The number of carboxylic acids is 1. The Bertz CT molecular complexity index is 618. The van der Waals surface area contributed by atoms with Crippen LogP contribution in [-0.2, 0) is 4.79 Å². The smallest absolute Gasteiger partial charge is 0.311 e. The van der Waals surface area contributed by atoms with E-state index >= 15 is 0 Å². The zero-order chi connectivity index (χ0) is 15.2. The molecule has 112 valence electrons. The van der Waals surface area contributed by atoms with Gasteiger partial charge >= 0.3 is 5.97 Å². The van der Waals surface area contributed by atoms with Gasteiger partial charge in [0, 0.05) is 24.8 Å². The number of benzene rings is 1. The number of nitrogens with zero attached hydrogens (tertiary/aromatic N) is 2. The summed E-state index contributed by atoms with van der Waals surface area (Å²) in [4.78, 5) is 24.2. The molecule has 21 heavy (non-hydrogen) atoms. The van der Waals surface area contributed by atoms with Gasteiger partial charge in [0.15, 0.2) is 0 Å². The minimum absolute atomic E-state index is 0.0234. The monoisotopic (exact) mass is 291 g/mol. The van der Waals surface area contributed by atoms with Gasteiger partial charge in [-0.1, -0.05) is 6.42 Å². The number of nitrogen functional groups attached to an aromatic ring is 1. The molecule has 0 spiro atoms. The van der Waals surface area contributed by atoms with Crippen molar-refractivity contribution in [2.45, 2.75) is 19.3 Å². The SMILES string of the molecule is Nc1ccc([N+](=O)[O-])c(N2C[C@@H]3CCC[C@@]3(C(=O)O)C2)c1. The van der Waals surface area contributed by atoms with E-state index in [2.05, 4.69) is 0 Å². The van der Waals surface area contributed by atoms with Crippen LogP contribution in [0.4, 0.5) is 17.1 Å². The molecule has 0 aromatic heterocycles. The number of anilines is 2. The highest BCUT2D eigenvalue weighted by Crippen LogP contribution is 2.51. The summed E-state index contributed by atoms with van der Waals surface area (Å²) in [7, 11) is 0. The Balaban J connectivity index is 1.99. The lowest BCUT2D eigenvalue weighted by atomic mass is 9.81. The molecule has 7 heteroatoms. The molecule has 2 aliphatic rings. The molecule has 1 aliphatic heterocycles. The summed E-state index contributed by atoms with van der Waals surface area (Å²) in [6.07, 6.45) is 2.41. The third-order valence-electron chi connectivity index (χ3n) is 4.83. The number of nitrogens with two attached hydrogens (primary N) is 1. The van der Waals surface area contributed by atoms with E-state index in [1.807, 2.05) is 4.90 Å². The van der Waals surface area contributed by atoms with Crippen LogP contribution in [0.3, 0.4) is 0 Å². The van der Waals surface area contributed by atoms with Crippen molar-refractivity contribution in [1.82, 2.24) is 0 Å². The van der Waals surface area contributed by atoms with Gasteiger partial charge in [-0.15, -0.1) is 0 Å². The maximum atomic E-state index is 11.7. The number of hydrogen-bond acceptors (Lipinski definition) is 5. The molecule has 0 unspecified atom stereocenters. The molecular weight excluding hydrogens is 274 g/mol. The molecule has 0 amide bonds. The number of hydrogen-bond donors (Lipinski definition) is 2. The molecular formula is C14H17N3O4. The highest BCUT2D eigenvalue weighted by Gasteiger charge is 2.55. The van der Waals surface area contributed by atoms with E-state index in [-0.39, 0.29) is 11.6 Å². The lowest BCUT2D eigenvalue weighted by molar-refractivity contribution is -0.384. The minimum atomic E-state index is -0.793. The average molecular weight is 291 g/mol. The average Bonchev–Trinajstić information content (AvgIpc) is 2.95. The summed E-state index contributed by atoms with van der Waals surface area (Å²) in [5, 5.41) is 20.8. The first-order chi connectivity index (χ1) is 9.94. The van der Waals surface area contributed by atoms with Crippen LogP contribution in [0, 0.1) is 21.4 Å². The van der Waals surface area contributed by atoms with Gasteiger partial charge in [0.25, 0.3) is 5.69 Å². The molecule has 3 rings (SSSR count).